The second-order valence-electron chi connectivity index (χ2n) is 6.40. The molecular weight excluding hydrogens is 272 g/mol. The molecule has 21 heavy (non-hydrogen) atoms. The molecule has 1 fully saturated rings. The number of amides is 1. The lowest BCUT2D eigenvalue weighted by molar-refractivity contribution is -0.103. The average molecular weight is 294 g/mol. The zero-order valence-electron chi connectivity index (χ0n) is 12.6. The zero-order valence-corrected chi connectivity index (χ0v) is 12.6. The van der Waals surface area contributed by atoms with Gasteiger partial charge in [-0.2, -0.15) is 0 Å². The Morgan fingerprint density at radius 3 is 2.38 bits per heavy atom. The van der Waals surface area contributed by atoms with Crippen molar-refractivity contribution >= 4 is 6.09 Å². The van der Waals surface area contributed by atoms with Crippen LogP contribution >= 0.6 is 0 Å². The predicted octanol–water partition coefficient (Wildman–Crippen LogP) is 1.60. The molecule has 1 aromatic rings. The lowest BCUT2D eigenvalue weighted by Crippen LogP contribution is -2.61. The van der Waals surface area contributed by atoms with E-state index in [1.807, 2.05) is 32.9 Å². The van der Waals surface area contributed by atoms with Gasteiger partial charge in [0.25, 0.3) is 0 Å². The zero-order chi connectivity index (χ0) is 15.7. The smallest absolute Gasteiger partial charge is 0.410 e. The maximum absolute atomic E-state index is 11.9. The van der Waals surface area contributed by atoms with E-state index in [-0.39, 0.29) is 13.1 Å². The first kappa shape index (κ1) is 15.8. The molecule has 1 amide bonds. The second kappa shape index (κ2) is 5.63. The van der Waals surface area contributed by atoms with Crippen LogP contribution in [0.15, 0.2) is 24.3 Å². The van der Waals surface area contributed by atoms with Crippen LogP contribution in [0.1, 0.15) is 31.9 Å². The minimum atomic E-state index is -1.03. The Morgan fingerprint density at radius 2 is 1.90 bits per heavy atom. The van der Waals surface area contributed by atoms with Crippen LogP contribution in [0.25, 0.3) is 0 Å². The SMILES string of the molecule is CC(C)(C)OC(=O)N1CC(O)(c2ccc(CNO)cc2)C1. The Morgan fingerprint density at radius 1 is 1.33 bits per heavy atom. The highest BCUT2D eigenvalue weighted by Crippen LogP contribution is 2.33. The highest BCUT2D eigenvalue weighted by atomic mass is 16.6. The number of benzene rings is 1. The Hall–Kier alpha value is -1.63. The van der Waals surface area contributed by atoms with Crippen molar-refractivity contribution in [2.45, 2.75) is 38.5 Å². The van der Waals surface area contributed by atoms with Crippen LogP contribution in [0.4, 0.5) is 4.79 Å². The van der Waals surface area contributed by atoms with Crippen molar-refractivity contribution < 1.29 is 19.8 Å². The summed E-state index contributed by atoms with van der Waals surface area (Å²) in [7, 11) is 0. The van der Waals surface area contributed by atoms with E-state index in [4.69, 9.17) is 9.94 Å². The molecule has 2 rings (SSSR count). The summed E-state index contributed by atoms with van der Waals surface area (Å²) in [4.78, 5) is 13.3. The van der Waals surface area contributed by atoms with E-state index in [1.165, 1.54) is 4.90 Å². The topological polar surface area (TPSA) is 82.0 Å². The van der Waals surface area contributed by atoms with Crippen LogP contribution < -0.4 is 5.48 Å². The molecule has 1 aromatic carbocycles. The summed E-state index contributed by atoms with van der Waals surface area (Å²) in [5.41, 5.74) is 2.18. The fourth-order valence-electron chi connectivity index (χ4n) is 2.25. The number of nitrogens with one attached hydrogen (secondary N) is 1. The normalized spacial score (nSPS) is 17.3. The number of carbonyl (C=O) groups is 1. The highest BCUT2D eigenvalue weighted by Gasteiger charge is 2.46. The monoisotopic (exact) mass is 294 g/mol. The summed E-state index contributed by atoms with van der Waals surface area (Å²) in [6, 6.07) is 7.26. The lowest BCUT2D eigenvalue weighted by atomic mass is 9.86. The maximum atomic E-state index is 11.9. The summed E-state index contributed by atoms with van der Waals surface area (Å²) >= 11 is 0. The maximum Gasteiger partial charge on any atom is 0.410 e. The number of ether oxygens (including phenoxy) is 1. The number of hydrogen-bond donors (Lipinski definition) is 3. The predicted molar refractivity (Wildman–Crippen MR) is 76.8 cm³/mol. The number of hydroxylamine groups is 1. The van der Waals surface area contributed by atoms with Gasteiger partial charge in [0.2, 0.25) is 0 Å². The number of carbonyl (C=O) groups excluding carboxylic acids is 1. The van der Waals surface area contributed by atoms with Crippen molar-refractivity contribution in [2.24, 2.45) is 0 Å². The third-order valence-corrected chi connectivity index (χ3v) is 3.33. The quantitative estimate of drug-likeness (QED) is 0.738. The summed E-state index contributed by atoms with van der Waals surface area (Å²) < 4.78 is 5.26. The van der Waals surface area contributed by atoms with Gasteiger partial charge in [-0.3, -0.25) is 0 Å². The molecule has 6 heteroatoms. The van der Waals surface area contributed by atoms with E-state index >= 15 is 0 Å². The van der Waals surface area contributed by atoms with Gasteiger partial charge in [0.1, 0.15) is 11.2 Å². The van der Waals surface area contributed by atoms with Gasteiger partial charge >= 0.3 is 6.09 Å². The minimum Gasteiger partial charge on any atom is -0.444 e. The molecule has 1 heterocycles. The van der Waals surface area contributed by atoms with Crippen molar-refractivity contribution in [3.05, 3.63) is 35.4 Å². The van der Waals surface area contributed by atoms with Crippen molar-refractivity contribution in [1.29, 1.82) is 0 Å². The molecule has 1 aliphatic rings. The highest BCUT2D eigenvalue weighted by molar-refractivity contribution is 5.70. The van der Waals surface area contributed by atoms with Gasteiger partial charge in [0, 0.05) is 6.54 Å². The second-order valence-corrected chi connectivity index (χ2v) is 6.40. The number of hydrogen-bond acceptors (Lipinski definition) is 5. The molecule has 0 atom stereocenters. The van der Waals surface area contributed by atoms with Crippen molar-refractivity contribution in [1.82, 2.24) is 10.4 Å². The molecule has 1 saturated heterocycles. The van der Waals surface area contributed by atoms with E-state index < -0.39 is 17.3 Å². The molecule has 3 N–H and O–H groups in total. The van der Waals surface area contributed by atoms with Crippen molar-refractivity contribution in [2.75, 3.05) is 13.1 Å². The lowest BCUT2D eigenvalue weighted by Gasteiger charge is -2.46. The van der Waals surface area contributed by atoms with Crippen LogP contribution in [0.3, 0.4) is 0 Å². The molecule has 0 saturated carbocycles. The molecule has 0 aromatic heterocycles. The summed E-state index contributed by atoms with van der Waals surface area (Å²) in [6.07, 6.45) is -0.409. The largest absolute Gasteiger partial charge is 0.444 e. The standard InChI is InChI=1S/C15H22N2O4/c1-14(2,3)21-13(18)17-9-15(19,10-17)12-6-4-11(5-7-12)8-16-20/h4-7,16,19-20H,8-10H2,1-3H3. The van der Waals surface area contributed by atoms with Gasteiger partial charge in [0.05, 0.1) is 13.1 Å². The van der Waals surface area contributed by atoms with Gasteiger partial charge in [-0.15, -0.1) is 0 Å². The van der Waals surface area contributed by atoms with E-state index in [0.29, 0.717) is 6.54 Å². The molecule has 0 aliphatic carbocycles. The van der Waals surface area contributed by atoms with Crippen molar-refractivity contribution in [3.63, 3.8) is 0 Å². The first-order valence-corrected chi connectivity index (χ1v) is 6.90. The Bertz CT molecular complexity index is 501. The van der Waals surface area contributed by atoms with E-state index in [0.717, 1.165) is 11.1 Å². The average Bonchev–Trinajstić information content (AvgIpc) is 2.34. The van der Waals surface area contributed by atoms with Gasteiger partial charge < -0.3 is 20.0 Å². The van der Waals surface area contributed by atoms with Crippen LogP contribution in [-0.2, 0) is 16.9 Å². The molecule has 116 valence electrons. The first-order valence-electron chi connectivity index (χ1n) is 6.90. The van der Waals surface area contributed by atoms with E-state index in [1.54, 1.807) is 12.1 Å². The van der Waals surface area contributed by atoms with Gasteiger partial charge in [0.15, 0.2) is 0 Å². The van der Waals surface area contributed by atoms with E-state index in [2.05, 4.69) is 5.48 Å². The van der Waals surface area contributed by atoms with Crippen molar-refractivity contribution in [3.8, 4) is 0 Å². The van der Waals surface area contributed by atoms with E-state index in [9.17, 15) is 9.90 Å². The molecule has 1 aliphatic heterocycles. The molecule has 0 unspecified atom stereocenters. The summed E-state index contributed by atoms with van der Waals surface area (Å²) in [5, 5.41) is 19.1. The third-order valence-electron chi connectivity index (χ3n) is 3.33. The Balaban J connectivity index is 1.96. The van der Waals surface area contributed by atoms with Gasteiger partial charge in [-0.05, 0) is 31.9 Å². The number of aliphatic hydroxyl groups is 1. The minimum absolute atomic E-state index is 0.222. The summed E-state index contributed by atoms with van der Waals surface area (Å²) in [6.45, 7) is 6.22. The fourth-order valence-corrected chi connectivity index (χ4v) is 2.25. The van der Waals surface area contributed by atoms with Gasteiger partial charge in [-0.1, -0.05) is 24.3 Å². The number of rotatable bonds is 3. The molecular formula is C15H22N2O4. The molecule has 6 nitrogen and oxygen atoms in total. The fraction of sp³-hybridized carbons (Fsp3) is 0.533. The van der Waals surface area contributed by atoms with Crippen LogP contribution in [0.2, 0.25) is 0 Å². The number of β-amino-alcohol motifs (C(OH)–C–C–N with tert-alkyl or cyclic N) is 1. The van der Waals surface area contributed by atoms with Gasteiger partial charge in [-0.25, -0.2) is 10.3 Å². The van der Waals surface area contributed by atoms with Crippen LogP contribution in [0.5, 0.6) is 0 Å². The number of nitrogens with zero attached hydrogens (tertiary/aromatic N) is 1. The van der Waals surface area contributed by atoms with Crippen LogP contribution in [0, 0.1) is 0 Å². The third kappa shape index (κ3) is 3.72. The number of likely N-dealkylation sites (tertiary alicyclic amines) is 1. The molecule has 0 bridgehead atoms. The van der Waals surface area contributed by atoms with Crippen LogP contribution in [-0.4, -0.2) is 40.0 Å². The molecule has 0 radical (unpaired) electrons. The molecule has 0 spiro atoms. The Kier molecular flexibility index (Phi) is 4.22. The Labute approximate surface area is 124 Å². The first-order chi connectivity index (χ1) is 9.73. The summed E-state index contributed by atoms with van der Waals surface area (Å²) in [5.74, 6) is 0.